The highest BCUT2D eigenvalue weighted by Crippen LogP contribution is 2.22. The standard InChI is InChI=1S/C12H13ClN2O/c1-16-11(9-5-3-2-4-6-9)12-14-8-10(7-13)15-12/h2-6,8,11H,7H2,1H3,(H,14,15). The molecule has 1 N–H and O–H groups in total. The molecule has 0 aliphatic rings. The number of hydrogen-bond donors (Lipinski definition) is 1. The van der Waals surface area contributed by atoms with E-state index in [2.05, 4.69) is 9.97 Å². The Bertz CT molecular complexity index is 441. The van der Waals surface area contributed by atoms with Crippen LogP contribution in [0.1, 0.15) is 23.2 Å². The molecule has 2 rings (SSSR count). The van der Waals surface area contributed by atoms with Crippen LogP contribution in [-0.2, 0) is 10.6 Å². The van der Waals surface area contributed by atoms with E-state index in [1.807, 2.05) is 30.3 Å². The monoisotopic (exact) mass is 236 g/mol. The first-order valence-electron chi connectivity index (χ1n) is 5.02. The van der Waals surface area contributed by atoms with Crippen LogP contribution in [0.25, 0.3) is 0 Å². The first-order valence-corrected chi connectivity index (χ1v) is 5.56. The zero-order valence-electron chi connectivity index (χ0n) is 8.98. The van der Waals surface area contributed by atoms with Crippen molar-refractivity contribution in [3.63, 3.8) is 0 Å². The lowest BCUT2D eigenvalue weighted by atomic mass is 10.1. The summed E-state index contributed by atoms with van der Waals surface area (Å²) in [6, 6.07) is 9.95. The van der Waals surface area contributed by atoms with Crippen LogP contribution >= 0.6 is 11.6 Å². The number of imidazole rings is 1. The summed E-state index contributed by atoms with van der Waals surface area (Å²) in [7, 11) is 1.67. The molecular formula is C12H13ClN2O. The van der Waals surface area contributed by atoms with Gasteiger partial charge in [-0.15, -0.1) is 11.6 Å². The number of nitrogens with zero attached hydrogens (tertiary/aromatic N) is 1. The molecule has 4 heteroatoms. The predicted molar refractivity (Wildman–Crippen MR) is 63.4 cm³/mol. The molecule has 0 aliphatic carbocycles. The highest BCUT2D eigenvalue weighted by Gasteiger charge is 2.15. The fraction of sp³-hybridized carbons (Fsp3) is 0.250. The Morgan fingerprint density at radius 2 is 2.12 bits per heavy atom. The van der Waals surface area contributed by atoms with Gasteiger partial charge >= 0.3 is 0 Å². The van der Waals surface area contributed by atoms with Gasteiger partial charge in [-0.2, -0.15) is 0 Å². The van der Waals surface area contributed by atoms with Gasteiger partial charge in [-0.3, -0.25) is 0 Å². The maximum absolute atomic E-state index is 5.72. The third kappa shape index (κ3) is 2.26. The topological polar surface area (TPSA) is 37.9 Å². The number of nitrogens with one attached hydrogen (secondary N) is 1. The van der Waals surface area contributed by atoms with Crippen molar-refractivity contribution in [3.8, 4) is 0 Å². The van der Waals surface area contributed by atoms with E-state index in [0.717, 1.165) is 17.1 Å². The number of benzene rings is 1. The second-order valence-electron chi connectivity index (χ2n) is 3.45. The molecule has 1 aromatic carbocycles. The quantitative estimate of drug-likeness (QED) is 0.829. The lowest BCUT2D eigenvalue weighted by Gasteiger charge is -2.12. The lowest BCUT2D eigenvalue weighted by Crippen LogP contribution is -2.05. The molecule has 2 aromatic rings. The summed E-state index contributed by atoms with van der Waals surface area (Å²) in [6.07, 6.45) is 1.57. The number of rotatable bonds is 4. The minimum Gasteiger partial charge on any atom is -0.369 e. The van der Waals surface area contributed by atoms with Crippen LogP contribution in [0.4, 0.5) is 0 Å². The van der Waals surface area contributed by atoms with E-state index >= 15 is 0 Å². The molecule has 0 radical (unpaired) electrons. The second kappa shape index (κ2) is 5.14. The SMILES string of the molecule is COC(c1ccccc1)c1ncc(CCl)[nH]1. The highest BCUT2D eigenvalue weighted by atomic mass is 35.5. The molecule has 1 heterocycles. The molecule has 0 fully saturated rings. The Hall–Kier alpha value is -1.32. The van der Waals surface area contributed by atoms with Crippen LogP contribution in [0.2, 0.25) is 0 Å². The molecule has 1 aromatic heterocycles. The fourth-order valence-electron chi connectivity index (χ4n) is 1.61. The third-order valence-corrected chi connectivity index (χ3v) is 2.67. The van der Waals surface area contributed by atoms with Crippen LogP contribution < -0.4 is 0 Å². The van der Waals surface area contributed by atoms with Crippen LogP contribution in [0, 0.1) is 0 Å². The summed E-state index contributed by atoms with van der Waals surface area (Å²) in [6.45, 7) is 0. The molecule has 0 aliphatic heterocycles. The van der Waals surface area contributed by atoms with Gasteiger partial charge in [-0.25, -0.2) is 4.98 Å². The lowest BCUT2D eigenvalue weighted by molar-refractivity contribution is 0.129. The molecule has 0 saturated heterocycles. The molecular weight excluding hydrogens is 224 g/mol. The van der Waals surface area contributed by atoms with E-state index < -0.39 is 0 Å². The average Bonchev–Trinajstić information content (AvgIpc) is 2.80. The summed E-state index contributed by atoms with van der Waals surface area (Å²) in [5.41, 5.74) is 1.97. The van der Waals surface area contributed by atoms with E-state index in [-0.39, 0.29) is 6.10 Å². The predicted octanol–water partition coefficient (Wildman–Crippen LogP) is 2.88. The zero-order valence-corrected chi connectivity index (χ0v) is 9.74. The summed E-state index contributed by atoms with van der Waals surface area (Å²) in [5, 5.41) is 0. The first kappa shape index (κ1) is 11.2. The number of H-pyrrole nitrogens is 1. The summed E-state index contributed by atoms with van der Waals surface area (Å²) in [4.78, 5) is 7.41. The van der Waals surface area contributed by atoms with Gasteiger partial charge in [0.05, 0.1) is 5.88 Å². The molecule has 16 heavy (non-hydrogen) atoms. The van der Waals surface area contributed by atoms with Crippen LogP contribution in [-0.4, -0.2) is 17.1 Å². The highest BCUT2D eigenvalue weighted by molar-refractivity contribution is 6.16. The Kier molecular flexibility index (Phi) is 3.59. The first-order chi connectivity index (χ1) is 7.85. The molecule has 1 unspecified atom stereocenters. The Balaban J connectivity index is 2.29. The molecule has 3 nitrogen and oxygen atoms in total. The van der Waals surface area contributed by atoms with E-state index in [9.17, 15) is 0 Å². The average molecular weight is 237 g/mol. The number of ether oxygens (including phenoxy) is 1. The van der Waals surface area contributed by atoms with Gasteiger partial charge in [0.2, 0.25) is 0 Å². The Labute approximate surface area is 99.4 Å². The van der Waals surface area contributed by atoms with Crippen molar-refractivity contribution in [1.29, 1.82) is 0 Å². The third-order valence-electron chi connectivity index (χ3n) is 2.38. The van der Waals surface area contributed by atoms with Crippen molar-refractivity contribution >= 4 is 11.6 Å². The number of hydrogen-bond acceptors (Lipinski definition) is 2. The molecule has 0 bridgehead atoms. The Morgan fingerprint density at radius 3 is 2.69 bits per heavy atom. The minimum atomic E-state index is -0.168. The zero-order chi connectivity index (χ0) is 11.4. The fourth-order valence-corrected chi connectivity index (χ4v) is 1.75. The second-order valence-corrected chi connectivity index (χ2v) is 3.72. The van der Waals surface area contributed by atoms with Crippen LogP contribution in [0.3, 0.4) is 0 Å². The number of methoxy groups -OCH3 is 1. The maximum atomic E-state index is 5.72. The van der Waals surface area contributed by atoms with Gasteiger partial charge in [-0.05, 0) is 5.56 Å². The normalized spacial score (nSPS) is 12.6. The van der Waals surface area contributed by atoms with Crippen molar-refractivity contribution < 1.29 is 4.74 Å². The van der Waals surface area contributed by atoms with Crippen molar-refractivity contribution in [1.82, 2.24) is 9.97 Å². The molecule has 84 valence electrons. The van der Waals surface area contributed by atoms with Gasteiger partial charge in [0, 0.05) is 19.0 Å². The van der Waals surface area contributed by atoms with Gasteiger partial charge in [0.25, 0.3) is 0 Å². The summed E-state index contributed by atoms with van der Waals surface area (Å²) < 4.78 is 5.44. The van der Waals surface area contributed by atoms with E-state index in [0.29, 0.717) is 5.88 Å². The van der Waals surface area contributed by atoms with E-state index in [4.69, 9.17) is 16.3 Å². The van der Waals surface area contributed by atoms with Crippen molar-refractivity contribution in [2.24, 2.45) is 0 Å². The molecule has 1 atom stereocenters. The van der Waals surface area contributed by atoms with Gasteiger partial charge in [-0.1, -0.05) is 30.3 Å². The number of aromatic amines is 1. The summed E-state index contributed by atoms with van der Waals surface area (Å²) >= 11 is 5.72. The van der Waals surface area contributed by atoms with Gasteiger partial charge in [0.15, 0.2) is 0 Å². The maximum Gasteiger partial charge on any atom is 0.140 e. The van der Waals surface area contributed by atoms with Crippen LogP contribution in [0.15, 0.2) is 36.5 Å². The summed E-state index contributed by atoms with van der Waals surface area (Å²) in [5.74, 6) is 1.21. The van der Waals surface area contributed by atoms with Crippen molar-refractivity contribution in [3.05, 3.63) is 53.6 Å². The molecule has 0 amide bonds. The molecule has 0 saturated carbocycles. The van der Waals surface area contributed by atoms with E-state index in [1.165, 1.54) is 0 Å². The largest absolute Gasteiger partial charge is 0.369 e. The van der Waals surface area contributed by atoms with E-state index in [1.54, 1.807) is 13.3 Å². The smallest absolute Gasteiger partial charge is 0.140 e. The van der Waals surface area contributed by atoms with Gasteiger partial charge < -0.3 is 9.72 Å². The number of alkyl halides is 1. The minimum absolute atomic E-state index is 0.168. The Morgan fingerprint density at radius 1 is 1.38 bits per heavy atom. The van der Waals surface area contributed by atoms with Crippen LogP contribution in [0.5, 0.6) is 0 Å². The number of halogens is 1. The molecule has 0 spiro atoms. The van der Waals surface area contributed by atoms with Gasteiger partial charge in [0.1, 0.15) is 11.9 Å². The van der Waals surface area contributed by atoms with Crippen molar-refractivity contribution in [2.45, 2.75) is 12.0 Å². The van der Waals surface area contributed by atoms with Crippen molar-refractivity contribution in [2.75, 3.05) is 7.11 Å². The number of aromatic nitrogens is 2.